The van der Waals surface area contributed by atoms with E-state index < -0.39 is 10.0 Å². The molecule has 0 aliphatic carbocycles. The number of nitrogens with zero attached hydrogens (tertiary/aromatic N) is 1. The number of hydrogen-bond acceptors (Lipinski definition) is 4. The average molecular weight is 316 g/mol. The first-order valence-electron chi connectivity index (χ1n) is 6.11. The maximum atomic E-state index is 11.1. The quantitative estimate of drug-likeness (QED) is 0.525. The number of hydrogen-bond donors (Lipinski definition) is 3. The van der Waals surface area contributed by atoms with Crippen LogP contribution < -0.4 is 15.8 Å². The van der Waals surface area contributed by atoms with Crippen molar-refractivity contribution in [1.82, 2.24) is 10.2 Å². The van der Waals surface area contributed by atoms with Crippen molar-refractivity contribution in [2.75, 3.05) is 32.5 Å². The zero-order valence-electron chi connectivity index (χ0n) is 11.6. The zero-order valence-corrected chi connectivity index (χ0v) is 13.2. The van der Waals surface area contributed by atoms with Gasteiger partial charge in [-0.05, 0) is 63.5 Å². The van der Waals surface area contributed by atoms with Crippen molar-refractivity contribution < 1.29 is 8.42 Å². The van der Waals surface area contributed by atoms with Crippen LogP contribution in [0.25, 0.3) is 0 Å². The Morgan fingerprint density at radius 3 is 2.40 bits per heavy atom. The number of anilines is 1. The third-order valence-electron chi connectivity index (χ3n) is 2.51. The maximum Gasteiger partial charge on any atom is 0.238 e. The largest absolute Gasteiger partial charge is 0.362 e. The lowest BCUT2D eigenvalue weighted by atomic mass is 10.3. The topological polar surface area (TPSA) is 87.5 Å². The molecule has 0 spiro atoms. The van der Waals surface area contributed by atoms with E-state index in [-0.39, 0.29) is 4.90 Å². The highest BCUT2D eigenvalue weighted by Gasteiger charge is 2.06. The Hall–Kier alpha value is -1.22. The van der Waals surface area contributed by atoms with Crippen LogP contribution in [0.3, 0.4) is 0 Å². The van der Waals surface area contributed by atoms with Crippen molar-refractivity contribution in [1.29, 1.82) is 0 Å². The molecule has 112 valence electrons. The Morgan fingerprint density at radius 1 is 1.30 bits per heavy atom. The number of nitrogens with one attached hydrogen (secondary N) is 2. The highest BCUT2D eigenvalue weighted by Crippen LogP contribution is 2.12. The second kappa shape index (κ2) is 7.53. The van der Waals surface area contributed by atoms with Crippen LogP contribution in [-0.4, -0.2) is 45.6 Å². The van der Waals surface area contributed by atoms with Gasteiger partial charge >= 0.3 is 0 Å². The van der Waals surface area contributed by atoms with Gasteiger partial charge in [0.1, 0.15) is 0 Å². The molecule has 0 amide bonds. The summed E-state index contributed by atoms with van der Waals surface area (Å²) in [4.78, 5) is 2.18. The summed E-state index contributed by atoms with van der Waals surface area (Å²) < 4.78 is 22.2. The molecule has 0 heterocycles. The lowest BCUT2D eigenvalue weighted by Gasteiger charge is -2.12. The SMILES string of the molecule is CN(C)CCCNC(=S)Nc1ccc(S(N)(=O)=O)cc1. The standard InChI is InChI=1S/C12H20N4O2S2/c1-16(2)9-3-8-14-12(19)15-10-4-6-11(7-5-10)20(13,17)18/h4-7H,3,8-9H2,1-2H3,(H2,13,17,18)(H2,14,15,19). The normalized spacial score (nSPS) is 11.4. The second-order valence-electron chi connectivity index (χ2n) is 4.61. The monoisotopic (exact) mass is 316 g/mol. The van der Waals surface area contributed by atoms with Crippen LogP contribution in [0.5, 0.6) is 0 Å². The van der Waals surface area contributed by atoms with Gasteiger partial charge in [-0.15, -0.1) is 0 Å². The van der Waals surface area contributed by atoms with E-state index in [4.69, 9.17) is 17.4 Å². The summed E-state index contributed by atoms with van der Waals surface area (Å²) in [6, 6.07) is 6.11. The first-order chi connectivity index (χ1) is 9.29. The van der Waals surface area contributed by atoms with E-state index in [0.717, 1.165) is 19.5 Å². The molecule has 8 heteroatoms. The van der Waals surface area contributed by atoms with Gasteiger partial charge in [0.05, 0.1) is 4.90 Å². The molecule has 0 aromatic heterocycles. The Labute approximate surface area is 125 Å². The fraction of sp³-hybridized carbons (Fsp3) is 0.417. The molecule has 0 bridgehead atoms. The molecule has 0 saturated carbocycles. The molecule has 0 atom stereocenters. The lowest BCUT2D eigenvalue weighted by molar-refractivity contribution is 0.400. The van der Waals surface area contributed by atoms with Crippen LogP contribution in [0.15, 0.2) is 29.2 Å². The van der Waals surface area contributed by atoms with Gasteiger partial charge in [-0.1, -0.05) is 0 Å². The first-order valence-corrected chi connectivity index (χ1v) is 8.07. The molecule has 6 nitrogen and oxygen atoms in total. The fourth-order valence-corrected chi connectivity index (χ4v) is 2.24. The molecule has 4 N–H and O–H groups in total. The van der Waals surface area contributed by atoms with Crippen LogP contribution in [0, 0.1) is 0 Å². The minimum Gasteiger partial charge on any atom is -0.362 e. The van der Waals surface area contributed by atoms with Gasteiger partial charge in [-0.3, -0.25) is 0 Å². The molecule has 1 aromatic carbocycles. The highest BCUT2D eigenvalue weighted by molar-refractivity contribution is 7.89. The lowest BCUT2D eigenvalue weighted by Crippen LogP contribution is -2.30. The number of nitrogens with two attached hydrogens (primary N) is 1. The van der Waals surface area contributed by atoms with Crippen LogP contribution >= 0.6 is 12.2 Å². The maximum absolute atomic E-state index is 11.1. The minimum absolute atomic E-state index is 0.0768. The van der Waals surface area contributed by atoms with E-state index in [2.05, 4.69) is 15.5 Å². The first kappa shape index (κ1) is 16.8. The Bertz CT molecular complexity index is 541. The van der Waals surface area contributed by atoms with Crippen molar-refractivity contribution >= 4 is 33.0 Å². The van der Waals surface area contributed by atoms with Gasteiger partial charge in [-0.25, -0.2) is 13.6 Å². The van der Waals surface area contributed by atoms with Crippen molar-refractivity contribution in [3.05, 3.63) is 24.3 Å². The molecular weight excluding hydrogens is 296 g/mol. The zero-order chi connectivity index (χ0) is 15.2. The van der Waals surface area contributed by atoms with E-state index in [1.807, 2.05) is 14.1 Å². The molecule has 1 rings (SSSR count). The van der Waals surface area contributed by atoms with Crippen LogP contribution in [0.4, 0.5) is 5.69 Å². The number of benzene rings is 1. The Kier molecular flexibility index (Phi) is 6.34. The molecule has 0 radical (unpaired) electrons. The van der Waals surface area contributed by atoms with E-state index in [1.54, 1.807) is 12.1 Å². The summed E-state index contributed by atoms with van der Waals surface area (Å²) in [7, 11) is 0.380. The summed E-state index contributed by atoms with van der Waals surface area (Å²) in [5.41, 5.74) is 0.711. The van der Waals surface area contributed by atoms with Crippen molar-refractivity contribution in [2.45, 2.75) is 11.3 Å². The number of thiocarbonyl (C=S) groups is 1. The molecule has 0 saturated heterocycles. The average Bonchev–Trinajstić information content (AvgIpc) is 2.34. The van der Waals surface area contributed by atoms with E-state index in [0.29, 0.717) is 10.8 Å². The number of sulfonamides is 1. The summed E-state index contributed by atoms with van der Waals surface area (Å²) in [5.74, 6) is 0. The van der Waals surface area contributed by atoms with Gasteiger partial charge in [0, 0.05) is 12.2 Å². The predicted octanol–water partition coefficient (Wildman–Crippen LogP) is 0.572. The summed E-state index contributed by atoms with van der Waals surface area (Å²) in [6.07, 6.45) is 0.985. The molecule has 0 aliphatic heterocycles. The van der Waals surface area contributed by atoms with Gasteiger partial charge in [0.2, 0.25) is 10.0 Å². The summed E-state index contributed by atoms with van der Waals surface area (Å²) in [6.45, 7) is 1.76. The molecule has 0 unspecified atom stereocenters. The van der Waals surface area contributed by atoms with E-state index in [1.165, 1.54) is 12.1 Å². The molecule has 0 aliphatic rings. The smallest absolute Gasteiger partial charge is 0.238 e. The fourth-order valence-electron chi connectivity index (χ4n) is 1.50. The highest BCUT2D eigenvalue weighted by atomic mass is 32.2. The minimum atomic E-state index is -3.65. The van der Waals surface area contributed by atoms with Crippen LogP contribution in [0.2, 0.25) is 0 Å². The number of primary sulfonamides is 1. The van der Waals surface area contributed by atoms with Gasteiger partial charge in [-0.2, -0.15) is 0 Å². The van der Waals surface area contributed by atoms with Crippen LogP contribution in [-0.2, 0) is 10.0 Å². The van der Waals surface area contributed by atoms with Gasteiger partial charge in [0.15, 0.2) is 5.11 Å². The van der Waals surface area contributed by atoms with Gasteiger partial charge < -0.3 is 15.5 Å². The molecule has 1 aromatic rings. The van der Waals surface area contributed by atoms with E-state index >= 15 is 0 Å². The molecule has 20 heavy (non-hydrogen) atoms. The van der Waals surface area contributed by atoms with Crippen molar-refractivity contribution in [2.24, 2.45) is 5.14 Å². The number of rotatable bonds is 6. The summed E-state index contributed by atoms with van der Waals surface area (Å²) >= 11 is 5.14. The van der Waals surface area contributed by atoms with Crippen LogP contribution in [0.1, 0.15) is 6.42 Å². The van der Waals surface area contributed by atoms with Gasteiger partial charge in [0.25, 0.3) is 0 Å². The predicted molar refractivity (Wildman–Crippen MR) is 85.2 cm³/mol. The Morgan fingerprint density at radius 2 is 1.90 bits per heavy atom. The molecular formula is C12H20N4O2S2. The third kappa shape index (κ3) is 6.29. The van der Waals surface area contributed by atoms with Crippen molar-refractivity contribution in [3.8, 4) is 0 Å². The summed E-state index contributed by atoms with van der Waals surface area (Å²) in [5, 5.41) is 11.6. The van der Waals surface area contributed by atoms with E-state index in [9.17, 15) is 8.42 Å². The van der Waals surface area contributed by atoms with Crippen molar-refractivity contribution in [3.63, 3.8) is 0 Å². The molecule has 0 fully saturated rings. The second-order valence-corrected chi connectivity index (χ2v) is 6.58. The Balaban J connectivity index is 2.43. The third-order valence-corrected chi connectivity index (χ3v) is 3.68.